The molecule has 3 saturated carbocycles. The van der Waals surface area contributed by atoms with Gasteiger partial charge in [0.2, 0.25) is 0 Å². The van der Waals surface area contributed by atoms with E-state index in [9.17, 15) is 13.2 Å². The van der Waals surface area contributed by atoms with E-state index < -0.39 is 11.7 Å². The molecule has 0 amide bonds. The molecule has 0 radical (unpaired) electrons. The van der Waals surface area contributed by atoms with E-state index in [2.05, 4.69) is 19.9 Å². The maximum Gasteiger partial charge on any atom is 0.419 e. The van der Waals surface area contributed by atoms with E-state index in [1.165, 1.54) is 70.3 Å². The molecule has 0 aromatic heterocycles. The van der Waals surface area contributed by atoms with Gasteiger partial charge in [0.15, 0.2) is 0 Å². The fourth-order valence-electron chi connectivity index (χ4n) is 8.28. The van der Waals surface area contributed by atoms with Gasteiger partial charge in [0.1, 0.15) is 11.9 Å². The summed E-state index contributed by atoms with van der Waals surface area (Å²) in [5.74, 6) is 4.16. The van der Waals surface area contributed by atoms with Crippen LogP contribution in [0.25, 0.3) is 0 Å². The molecule has 3 fully saturated rings. The van der Waals surface area contributed by atoms with Crippen molar-refractivity contribution in [2.75, 3.05) is 0 Å². The first kappa shape index (κ1) is 26.4. The van der Waals surface area contributed by atoms with Gasteiger partial charge in [-0.2, -0.15) is 13.2 Å². The highest BCUT2D eigenvalue weighted by atomic mass is 19.4. The van der Waals surface area contributed by atoms with Crippen LogP contribution in [0.2, 0.25) is 0 Å². The van der Waals surface area contributed by atoms with Gasteiger partial charge in [-0.25, -0.2) is 0 Å². The van der Waals surface area contributed by atoms with Crippen LogP contribution in [0.4, 0.5) is 13.2 Å². The highest BCUT2D eigenvalue weighted by Crippen LogP contribution is 2.49. The number of fused-ring (bicyclic) bond motifs is 1. The van der Waals surface area contributed by atoms with E-state index in [0.717, 1.165) is 73.3 Å². The average molecular weight is 505 g/mol. The fraction of sp³-hybridized carbons (Fsp3) is 0.812. The Morgan fingerprint density at radius 3 is 1.75 bits per heavy atom. The van der Waals surface area contributed by atoms with Gasteiger partial charge in [-0.15, -0.1) is 0 Å². The lowest BCUT2D eigenvalue weighted by Gasteiger charge is -2.39. The lowest BCUT2D eigenvalue weighted by Crippen LogP contribution is -2.34. The number of ether oxygens (including phenoxy) is 1. The van der Waals surface area contributed by atoms with Crippen LogP contribution in [0.15, 0.2) is 12.1 Å². The number of benzene rings is 1. The minimum absolute atomic E-state index is 0.0551. The van der Waals surface area contributed by atoms with E-state index in [0.29, 0.717) is 5.92 Å². The second kappa shape index (κ2) is 11.3. The SMILES string of the molecule is CCC1CCC(C2CCC(c3cc4c(c(C(F)(F)F)c3)OC(C3CCC(CC)CC3)CC4)CC2)CC1. The third-order valence-electron chi connectivity index (χ3n) is 10.8. The molecule has 5 rings (SSSR count). The number of hydrogen-bond acceptors (Lipinski definition) is 1. The van der Waals surface area contributed by atoms with Crippen molar-refractivity contribution in [2.24, 2.45) is 29.6 Å². The summed E-state index contributed by atoms with van der Waals surface area (Å²) in [6.45, 7) is 4.56. The molecule has 0 saturated heterocycles. The molecule has 0 N–H and O–H groups in total. The zero-order chi connectivity index (χ0) is 25.3. The first-order valence-electron chi connectivity index (χ1n) is 15.3. The third-order valence-corrected chi connectivity index (χ3v) is 10.8. The number of hydrogen-bond donors (Lipinski definition) is 0. The van der Waals surface area contributed by atoms with Crippen LogP contribution >= 0.6 is 0 Å². The van der Waals surface area contributed by atoms with Gasteiger partial charge in [0.05, 0.1) is 5.56 Å². The predicted octanol–water partition coefficient (Wildman–Crippen LogP) is 10.1. The van der Waals surface area contributed by atoms with Gasteiger partial charge in [-0.05, 0) is 117 Å². The van der Waals surface area contributed by atoms with Crippen molar-refractivity contribution in [1.29, 1.82) is 0 Å². The van der Waals surface area contributed by atoms with E-state index in [4.69, 9.17) is 4.74 Å². The zero-order valence-corrected chi connectivity index (χ0v) is 22.6. The van der Waals surface area contributed by atoms with Crippen molar-refractivity contribution in [1.82, 2.24) is 0 Å². The van der Waals surface area contributed by atoms with Gasteiger partial charge in [0, 0.05) is 0 Å². The minimum Gasteiger partial charge on any atom is -0.489 e. The van der Waals surface area contributed by atoms with Crippen LogP contribution in [0.5, 0.6) is 5.75 Å². The number of alkyl halides is 3. The highest BCUT2D eigenvalue weighted by Gasteiger charge is 2.41. The first-order valence-corrected chi connectivity index (χ1v) is 15.3. The molecular formula is C32H47F3O. The Bertz CT molecular complexity index is 853. The topological polar surface area (TPSA) is 9.23 Å². The van der Waals surface area contributed by atoms with E-state index in [1.54, 1.807) is 0 Å². The van der Waals surface area contributed by atoms with Gasteiger partial charge < -0.3 is 4.74 Å². The molecule has 1 unspecified atom stereocenters. The van der Waals surface area contributed by atoms with Crippen LogP contribution in [0.3, 0.4) is 0 Å². The lowest BCUT2D eigenvalue weighted by atomic mass is 9.68. The van der Waals surface area contributed by atoms with Crippen LogP contribution in [-0.2, 0) is 12.6 Å². The standard InChI is InChI=1S/C32H47F3O/c1-3-21-5-9-23(10-6-21)24-13-15-25(16-14-24)28-19-27-17-18-30(26-11-7-22(4-2)8-12-26)36-31(27)29(20-28)32(33,34)35/h19-26,30H,3-18H2,1-2H3. The molecule has 0 spiro atoms. The summed E-state index contributed by atoms with van der Waals surface area (Å²) in [5, 5.41) is 0. The van der Waals surface area contributed by atoms with Crippen molar-refractivity contribution in [3.05, 3.63) is 28.8 Å². The van der Waals surface area contributed by atoms with E-state index in [-0.39, 0.29) is 17.8 Å². The Hall–Kier alpha value is -1.19. The summed E-state index contributed by atoms with van der Waals surface area (Å²) in [6, 6.07) is 3.55. The Kier molecular flexibility index (Phi) is 8.28. The van der Waals surface area contributed by atoms with Crippen molar-refractivity contribution in [3.8, 4) is 5.75 Å². The van der Waals surface area contributed by atoms with Gasteiger partial charge in [-0.1, -0.05) is 58.4 Å². The Balaban J connectivity index is 1.26. The average Bonchev–Trinajstić information content (AvgIpc) is 2.92. The Labute approximate surface area is 217 Å². The van der Waals surface area contributed by atoms with Crippen molar-refractivity contribution in [2.45, 2.75) is 135 Å². The van der Waals surface area contributed by atoms with E-state index in [1.807, 2.05) is 0 Å². The zero-order valence-electron chi connectivity index (χ0n) is 22.6. The van der Waals surface area contributed by atoms with Crippen molar-refractivity contribution in [3.63, 3.8) is 0 Å². The normalized spacial score (nSPS) is 35.6. The summed E-state index contributed by atoms with van der Waals surface area (Å²) in [5.41, 5.74) is 1.21. The quantitative estimate of drug-likeness (QED) is 0.387. The molecular weight excluding hydrogens is 457 g/mol. The Morgan fingerprint density at radius 1 is 0.694 bits per heavy atom. The van der Waals surface area contributed by atoms with Crippen LogP contribution < -0.4 is 4.74 Å². The van der Waals surface area contributed by atoms with Crippen molar-refractivity contribution < 1.29 is 17.9 Å². The molecule has 1 aromatic rings. The van der Waals surface area contributed by atoms with Crippen LogP contribution in [0, 0.1) is 29.6 Å². The molecule has 0 bridgehead atoms. The second-order valence-corrected chi connectivity index (χ2v) is 12.7. The maximum atomic E-state index is 14.3. The molecule has 3 aliphatic carbocycles. The van der Waals surface area contributed by atoms with Gasteiger partial charge >= 0.3 is 6.18 Å². The monoisotopic (exact) mass is 504 g/mol. The molecule has 1 heterocycles. The molecule has 1 aliphatic heterocycles. The lowest BCUT2D eigenvalue weighted by molar-refractivity contribution is -0.140. The van der Waals surface area contributed by atoms with Gasteiger partial charge in [-0.3, -0.25) is 0 Å². The van der Waals surface area contributed by atoms with Crippen molar-refractivity contribution >= 4 is 0 Å². The maximum absolute atomic E-state index is 14.3. The molecule has 4 heteroatoms. The van der Waals surface area contributed by atoms with Crippen LogP contribution in [-0.4, -0.2) is 6.10 Å². The summed E-state index contributed by atoms with van der Waals surface area (Å²) < 4.78 is 49.1. The summed E-state index contributed by atoms with van der Waals surface area (Å²) in [6.07, 6.45) is 14.2. The fourth-order valence-corrected chi connectivity index (χ4v) is 8.28. The molecule has 1 atom stereocenters. The van der Waals surface area contributed by atoms with E-state index >= 15 is 0 Å². The molecule has 202 valence electrons. The number of halogens is 3. The summed E-state index contributed by atoms with van der Waals surface area (Å²) >= 11 is 0. The summed E-state index contributed by atoms with van der Waals surface area (Å²) in [7, 11) is 0. The summed E-state index contributed by atoms with van der Waals surface area (Å²) in [4.78, 5) is 0. The molecule has 36 heavy (non-hydrogen) atoms. The smallest absolute Gasteiger partial charge is 0.419 e. The molecule has 1 aromatic carbocycles. The number of aryl methyl sites for hydroxylation is 1. The second-order valence-electron chi connectivity index (χ2n) is 12.7. The van der Waals surface area contributed by atoms with Crippen LogP contribution in [0.1, 0.15) is 133 Å². The predicted molar refractivity (Wildman–Crippen MR) is 140 cm³/mol. The largest absolute Gasteiger partial charge is 0.489 e. The highest BCUT2D eigenvalue weighted by molar-refractivity contribution is 5.48. The first-order chi connectivity index (χ1) is 17.4. The third kappa shape index (κ3) is 5.78. The minimum atomic E-state index is -4.36. The van der Waals surface area contributed by atoms with Gasteiger partial charge in [0.25, 0.3) is 0 Å². The Morgan fingerprint density at radius 2 is 1.22 bits per heavy atom. The number of rotatable bonds is 5. The molecule has 1 nitrogen and oxygen atoms in total. The molecule has 4 aliphatic rings.